The second kappa shape index (κ2) is 6.36. The number of nitrogens with zero attached hydrogens (tertiary/aromatic N) is 2. The lowest BCUT2D eigenvalue weighted by Gasteiger charge is -2.31. The Bertz CT molecular complexity index is 422. The van der Waals surface area contributed by atoms with Crippen molar-refractivity contribution in [2.75, 3.05) is 19.7 Å². The molecular formula is C13H19N3O3. The molecule has 1 saturated heterocycles. The molecule has 19 heavy (non-hydrogen) atoms. The molecule has 1 aromatic heterocycles. The lowest BCUT2D eigenvalue weighted by molar-refractivity contribution is -0.144. The van der Waals surface area contributed by atoms with Gasteiger partial charge in [-0.15, -0.1) is 0 Å². The van der Waals surface area contributed by atoms with Gasteiger partial charge >= 0.3 is 5.97 Å². The highest BCUT2D eigenvalue weighted by molar-refractivity contribution is 5.90. The van der Waals surface area contributed by atoms with Crippen LogP contribution in [0.5, 0.6) is 0 Å². The van der Waals surface area contributed by atoms with Crippen LogP contribution in [-0.4, -0.2) is 46.4 Å². The molecule has 0 radical (unpaired) electrons. The Morgan fingerprint density at radius 3 is 2.79 bits per heavy atom. The molecule has 6 heteroatoms. The second-order valence-corrected chi connectivity index (χ2v) is 4.68. The SMILES string of the molecule is CCOC(=O)CC1CCN(C(=O)c2ncc[nH]2)CC1. The minimum atomic E-state index is -0.140. The Hall–Kier alpha value is -1.85. The van der Waals surface area contributed by atoms with Gasteiger partial charge in [0.05, 0.1) is 6.61 Å². The summed E-state index contributed by atoms with van der Waals surface area (Å²) in [6, 6.07) is 0. The first kappa shape index (κ1) is 13.6. The van der Waals surface area contributed by atoms with Gasteiger partial charge in [0.2, 0.25) is 0 Å². The van der Waals surface area contributed by atoms with E-state index in [1.165, 1.54) is 0 Å². The lowest BCUT2D eigenvalue weighted by atomic mass is 9.93. The van der Waals surface area contributed by atoms with Gasteiger partial charge in [-0.1, -0.05) is 0 Å². The molecular weight excluding hydrogens is 246 g/mol. The fraction of sp³-hybridized carbons (Fsp3) is 0.615. The number of amides is 1. The normalized spacial score (nSPS) is 16.4. The maximum atomic E-state index is 12.0. The van der Waals surface area contributed by atoms with E-state index < -0.39 is 0 Å². The summed E-state index contributed by atoms with van der Waals surface area (Å²) >= 11 is 0. The standard InChI is InChI=1S/C13H19N3O3/c1-2-19-11(17)9-10-3-7-16(8-4-10)13(18)12-14-5-6-15-12/h5-6,10H,2-4,7-9H2,1H3,(H,14,15). The van der Waals surface area contributed by atoms with Gasteiger partial charge in [0, 0.05) is 31.9 Å². The van der Waals surface area contributed by atoms with Crippen molar-refractivity contribution < 1.29 is 14.3 Å². The number of hydrogen-bond donors (Lipinski definition) is 1. The van der Waals surface area contributed by atoms with E-state index in [9.17, 15) is 9.59 Å². The molecule has 0 aromatic carbocycles. The zero-order valence-electron chi connectivity index (χ0n) is 11.1. The number of H-pyrrole nitrogens is 1. The quantitative estimate of drug-likeness (QED) is 0.830. The monoisotopic (exact) mass is 265 g/mol. The zero-order valence-corrected chi connectivity index (χ0v) is 11.1. The maximum Gasteiger partial charge on any atom is 0.306 e. The topological polar surface area (TPSA) is 75.3 Å². The van der Waals surface area contributed by atoms with Crippen LogP contribution in [-0.2, 0) is 9.53 Å². The third-order valence-electron chi connectivity index (χ3n) is 3.36. The molecule has 0 aliphatic carbocycles. The van der Waals surface area contributed by atoms with E-state index in [-0.39, 0.29) is 11.9 Å². The average molecular weight is 265 g/mol. The predicted molar refractivity (Wildman–Crippen MR) is 68.5 cm³/mol. The van der Waals surface area contributed by atoms with E-state index in [0.717, 1.165) is 12.8 Å². The molecule has 0 saturated carbocycles. The van der Waals surface area contributed by atoms with Crippen LogP contribution in [0, 0.1) is 5.92 Å². The highest BCUT2D eigenvalue weighted by Crippen LogP contribution is 2.21. The number of nitrogens with one attached hydrogen (secondary N) is 1. The number of esters is 1. The Kier molecular flexibility index (Phi) is 4.54. The fourth-order valence-corrected chi connectivity index (χ4v) is 2.33. The summed E-state index contributed by atoms with van der Waals surface area (Å²) in [4.78, 5) is 32.0. The number of ether oxygens (including phenoxy) is 1. The van der Waals surface area contributed by atoms with E-state index in [1.54, 1.807) is 17.3 Å². The average Bonchev–Trinajstić information content (AvgIpc) is 2.93. The van der Waals surface area contributed by atoms with Crippen LogP contribution in [0.3, 0.4) is 0 Å². The maximum absolute atomic E-state index is 12.0. The van der Waals surface area contributed by atoms with Crippen molar-refractivity contribution in [2.24, 2.45) is 5.92 Å². The minimum Gasteiger partial charge on any atom is -0.466 e. The van der Waals surface area contributed by atoms with Crippen molar-refractivity contribution in [3.8, 4) is 0 Å². The number of rotatable bonds is 4. The van der Waals surface area contributed by atoms with Gasteiger partial charge in [-0.05, 0) is 25.7 Å². The molecule has 1 aromatic rings. The molecule has 0 unspecified atom stereocenters. The molecule has 2 rings (SSSR count). The van der Waals surface area contributed by atoms with Gasteiger partial charge < -0.3 is 14.6 Å². The Labute approximate surface area is 112 Å². The van der Waals surface area contributed by atoms with Gasteiger partial charge in [-0.2, -0.15) is 0 Å². The van der Waals surface area contributed by atoms with Crippen LogP contribution in [0.1, 0.15) is 36.8 Å². The molecule has 1 N–H and O–H groups in total. The first-order valence-corrected chi connectivity index (χ1v) is 6.65. The highest BCUT2D eigenvalue weighted by atomic mass is 16.5. The van der Waals surface area contributed by atoms with Crippen molar-refractivity contribution in [3.63, 3.8) is 0 Å². The summed E-state index contributed by atoms with van der Waals surface area (Å²) in [5, 5.41) is 0. The molecule has 1 fully saturated rings. The number of hydrogen-bond acceptors (Lipinski definition) is 4. The van der Waals surface area contributed by atoms with Crippen LogP contribution >= 0.6 is 0 Å². The summed E-state index contributed by atoms with van der Waals surface area (Å²) in [7, 11) is 0. The van der Waals surface area contributed by atoms with Crippen molar-refractivity contribution in [2.45, 2.75) is 26.2 Å². The van der Waals surface area contributed by atoms with E-state index in [4.69, 9.17) is 4.74 Å². The van der Waals surface area contributed by atoms with Gasteiger partial charge in [0.15, 0.2) is 5.82 Å². The molecule has 0 spiro atoms. The van der Waals surface area contributed by atoms with Gasteiger partial charge in [-0.3, -0.25) is 9.59 Å². The smallest absolute Gasteiger partial charge is 0.306 e. The number of carbonyl (C=O) groups excluding carboxylic acids is 2. The summed E-state index contributed by atoms with van der Waals surface area (Å²) in [5.41, 5.74) is 0. The third kappa shape index (κ3) is 3.56. The molecule has 0 bridgehead atoms. The predicted octanol–water partition coefficient (Wildman–Crippen LogP) is 1.22. The Morgan fingerprint density at radius 1 is 1.47 bits per heavy atom. The molecule has 104 valence electrons. The van der Waals surface area contributed by atoms with Crippen LogP contribution in [0.15, 0.2) is 12.4 Å². The Morgan fingerprint density at radius 2 is 2.21 bits per heavy atom. The van der Waals surface area contributed by atoms with Crippen molar-refractivity contribution >= 4 is 11.9 Å². The van der Waals surface area contributed by atoms with E-state index >= 15 is 0 Å². The van der Waals surface area contributed by atoms with Crippen LogP contribution in [0.4, 0.5) is 0 Å². The van der Waals surface area contributed by atoms with Crippen molar-refractivity contribution in [1.82, 2.24) is 14.9 Å². The van der Waals surface area contributed by atoms with E-state index in [1.807, 2.05) is 6.92 Å². The van der Waals surface area contributed by atoms with Gasteiger partial charge in [-0.25, -0.2) is 4.98 Å². The molecule has 1 amide bonds. The number of likely N-dealkylation sites (tertiary alicyclic amines) is 1. The summed E-state index contributed by atoms with van der Waals surface area (Å²) < 4.78 is 4.94. The first-order chi connectivity index (χ1) is 9.20. The lowest BCUT2D eigenvalue weighted by Crippen LogP contribution is -2.39. The van der Waals surface area contributed by atoms with Gasteiger partial charge in [0.1, 0.15) is 0 Å². The molecule has 1 aliphatic rings. The van der Waals surface area contributed by atoms with E-state index in [0.29, 0.717) is 37.9 Å². The third-order valence-corrected chi connectivity index (χ3v) is 3.36. The zero-order chi connectivity index (χ0) is 13.7. The number of imidazole rings is 1. The van der Waals surface area contributed by atoms with Crippen molar-refractivity contribution in [1.29, 1.82) is 0 Å². The molecule has 2 heterocycles. The number of aromatic nitrogens is 2. The molecule has 6 nitrogen and oxygen atoms in total. The number of carbonyl (C=O) groups is 2. The van der Waals surface area contributed by atoms with Crippen molar-refractivity contribution in [3.05, 3.63) is 18.2 Å². The van der Waals surface area contributed by atoms with Gasteiger partial charge in [0.25, 0.3) is 5.91 Å². The summed E-state index contributed by atoms with van der Waals surface area (Å²) in [5.74, 6) is 0.487. The second-order valence-electron chi connectivity index (χ2n) is 4.68. The number of piperidine rings is 1. The Balaban J connectivity index is 1.79. The molecule has 0 atom stereocenters. The highest BCUT2D eigenvalue weighted by Gasteiger charge is 2.26. The summed E-state index contributed by atoms with van der Waals surface area (Å²) in [6.07, 6.45) is 5.34. The minimum absolute atomic E-state index is 0.0698. The first-order valence-electron chi connectivity index (χ1n) is 6.65. The van der Waals surface area contributed by atoms with E-state index in [2.05, 4.69) is 9.97 Å². The largest absolute Gasteiger partial charge is 0.466 e. The van der Waals surface area contributed by atoms with Crippen LogP contribution < -0.4 is 0 Å². The number of aromatic amines is 1. The molecule has 1 aliphatic heterocycles. The van der Waals surface area contributed by atoms with Crippen LogP contribution in [0.2, 0.25) is 0 Å². The van der Waals surface area contributed by atoms with Crippen LogP contribution in [0.25, 0.3) is 0 Å². The summed E-state index contributed by atoms with van der Waals surface area (Å²) in [6.45, 7) is 3.57. The fourth-order valence-electron chi connectivity index (χ4n) is 2.33.